The number of nitriles is 1. The third-order valence-electron chi connectivity index (χ3n) is 4.26. The third-order valence-corrected chi connectivity index (χ3v) is 4.26. The van der Waals surface area contributed by atoms with E-state index in [0.29, 0.717) is 35.7 Å². The molecule has 0 spiro atoms. The molecule has 1 aliphatic heterocycles. The molecule has 1 fully saturated rings. The average Bonchev–Trinajstić information content (AvgIpc) is 2.66. The molecule has 0 aromatic heterocycles. The SMILES string of the molecule is COc1ccc(C#N)cc1NC(=O)Nc1ccc(C[C@H]2NC[C@H]2F)cc1. The number of urea groups is 1. The Hall–Kier alpha value is -3.11. The lowest BCUT2D eigenvalue weighted by atomic mass is 9.96. The van der Waals surface area contributed by atoms with E-state index < -0.39 is 12.2 Å². The van der Waals surface area contributed by atoms with Crippen molar-refractivity contribution in [1.29, 1.82) is 5.26 Å². The normalized spacial score (nSPS) is 18.3. The first-order valence-electron chi connectivity index (χ1n) is 8.21. The second-order valence-electron chi connectivity index (χ2n) is 6.04. The molecule has 134 valence electrons. The number of ether oxygens (including phenoxy) is 1. The number of benzene rings is 2. The quantitative estimate of drug-likeness (QED) is 0.770. The van der Waals surface area contributed by atoms with Gasteiger partial charge in [0.1, 0.15) is 11.9 Å². The maximum atomic E-state index is 13.3. The van der Waals surface area contributed by atoms with Crippen LogP contribution in [0.15, 0.2) is 42.5 Å². The summed E-state index contributed by atoms with van der Waals surface area (Å²) in [4.78, 5) is 12.2. The topological polar surface area (TPSA) is 86.2 Å². The Morgan fingerprint density at radius 1 is 1.31 bits per heavy atom. The summed E-state index contributed by atoms with van der Waals surface area (Å²) < 4.78 is 18.5. The van der Waals surface area contributed by atoms with Crippen molar-refractivity contribution in [3.05, 3.63) is 53.6 Å². The zero-order chi connectivity index (χ0) is 18.5. The molecule has 2 atom stereocenters. The number of nitrogens with one attached hydrogen (secondary N) is 3. The maximum Gasteiger partial charge on any atom is 0.323 e. The van der Waals surface area contributed by atoms with Crippen LogP contribution >= 0.6 is 0 Å². The van der Waals surface area contributed by atoms with Gasteiger partial charge in [0.15, 0.2) is 0 Å². The lowest BCUT2D eigenvalue weighted by Crippen LogP contribution is -2.55. The number of alkyl halides is 1. The Labute approximate surface area is 151 Å². The molecular weight excluding hydrogens is 335 g/mol. The highest BCUT2D eigenvalue weighted by atomic mass is 19.1. The number of rotatable bonds is 5. The lowest BCUT2D eigenvalue weighted by Gasteiger charge is -2.32. The summed E-state index contributed by atoms with van der Waals surface area (Å²) in [6.45, 7) is 0.418. The number of halogens is 1. The van der Waals surface area contributed by atoms with Crippen molar-refractivity contribution in [2.45, 2.75) is 18.6 Å². The van der Waals surface area contributed by atoms with Gasteiger partial charge >= 0.3 is 6.03 Å². The van der Waals surface area contributed by atoms with Crippen LogP contribution < -0.4 is 20.7 Å². The second-order valence-corrected chi connectivity index (χ2v) is 6.04. The van der Waals surface area contributed by atoms with Crippen molar-refractivity contribution in [3.63, 3.8) is 0 Å². The first kappa shape index (κ1) is 17.7. The molecule has 7 heteroatoms. The summed E-state index contributed by atoms with van der Waals surface area (Å²) in [7, 11) is 1.49. The maximum absolute atomic E-state index is 13.3. The summed E-state index contributed by atoms with van der Waals surface area (Å²) in [5.74, 6) is 0.461. The van der Waals surface area contributed by atoms with E-state index in [-0.39, 0.29) is 6.04 Å². The number of hydrogen-bond acceptors (Lipinski definition) is 4. The molecule has 2 amide bonds. The van der Waals surface area contributed by atoms with Gasteiger partial charge in [-0.2, -0.15) is 5.26 Å². The predicted molar refractivity (Wildman–Crippen MR) is 97.2 cm³/mol. The Bertz CT molecular complexity index is 832. The van der Waals surface area contributed by atoms with Gasteiger partial charge in [-0.25, -0.2) is 9.18 Å². The van der Waals surface area contributed by atoms with Gasteiger partial charge in [-0.3, -0.25) is 0 Å². The summed E-state index contributed by atoms with van der Waals surface area (Å²) in [5, 5.41) is 17.4. The first-order valence-corrected chi connectivity index (χ1v) is 8.21. The fraction of sp³-hybridized carbons (Fsp3) is 0.263. The fourth-order valence-corrected chi connectivity index (χ4v) is 2.71. The van der Waals surface area contributed by atoms with Gasteiger partial charge in [-0.05, 0) is 42.3 Å². The minimum atomic E-state index is -0.794. The van der Waals surface area contributed by atoms with E-state index in [1.165, 1.54) is 7.11 Å². The number of nitrogens with zero attached hydrogens (tertiary/aromatic N) is 1. The van der Waals surface area contributed by atoms with Crippen molar-refractivity contribution < 1.29 is 13.9 Å². The highest BCUT2D eigenvalue weighted by Crippen LogP contribution is 2.25. The summed E-state index contributed by atoms with van der Waals surface area (Å²) in [6, 6.07) is 13.5. The van der Waals surface area contributed by atoms with E-state index in [1.807, 2.05) is 18.2 Å². The van der Waals surface area contributed by atoms with Crippen molar-refractivity contribution in [3.8, 4) is 11.8 Å². The molecule has 26 heavy (non-hydrogen) atoms. The van der Waals surface area contributed by atoms with Crippen LogP contribution in [0, 0.1) is 11.3 Å². The summed E-state index contributed by atoms with van der Waals surface area (Å²) in [6.07, 6.45) is -0.177. The monoisotopic (exact) mass is 354 g/mol. The molecule has 0 radical (unpaired) electrons. The standard InChI is InChI=1S/C19H19FN4O2/c1-26-18-7-4-13(10-21)9-17(18)24-19(25)23-14-5-2-12(3-6-14)8-16-15(20)11-22-16/h2-7,9,15-16,22H,8,11H2,1H3,(H2,23,24,25)/t15-,16-/m1/s1. The van der Waals surface area contributed by atoms with Crippen molar-refractivity contribution in [1.82, 2.24) is 5.32 Å². The third kappa shape index (κ3) is 4.10. The number of amides is 2. The number of carbonyl (C=O) groups is 1. The van der Waals surface area contributed by atoms with E-state index in [9.17, 15) is 9.18 Å². The van der Waals surface area contributed by atoms with Crippen LogP contribution in [0.25, 0.3) is 0 Å². The van der Waals surface area contributed by atoms with Crippen LogP contribution in [0.1, 0.15) is 11.1 Å². The van der Waals surface area contributed by atoms with Crippen LogP contribution in [0.2, 0.25) is 0 Å². The average molecular weight is 354 g/mol. The number of anilines is 2. The molecule has 3 N–H and O–H groups in total. The Balaban J connectivity index is 1.60. The van der Waals surface area contributed by atoms with Gasteiger partial charge in [0.05, 0.1) is 24.4 Å². The van der Waals surface area contributed by atoms with E-state index in [0.717, 1.165) is 5.56 Å². The molecule has 2 aromatic carbocycles. The summed E-state index contributed by atoms with van der Waals surface area (Å²) >= 11 is 0. The molecule has 0 bridgehead atoms. The molecular formula is C19H19FN4O2. The Morgan fingerprint density at radius 2 is 2.08 bits per heavy atom. The van der Waals surface area contributed by atoms with Gasteiger partial charge < -0.3 is 20.7 Å². The van der Waals surface area contributed by atoms with Crippen molar-refractivity contribution in [2.75, 3.05) is 24.3 Å². The number of hydrogen-bond donors (Lipinski definition) is 3. The highest BCUT2D eigenvalue weighted by Gasteiger charge is 2.29. The molecule has 3 rings (SSSR count). The molecule has 1 aliphatic rings. The number of methoxy groups -OCH3 is 1. The van der Waals surface area contributed by atoms with Crippen LogP contribution in [-0.2, 0) is 6.42 Å². The minimum absolute atomic E-state index is 0.128. The van der Waals surface area contributed by atoms with Crippen LogP contribution in [0.5, 0.6) is 5.75 Å². The molecule has 6 nitrogen and oxygen atoms in total. The zero-order valence-corrected chi connectivity index (χ0v) is 14.3. The molecule has 1 saturated heterocycles. The van der Waals surface area contributed by atoms with Gasteiger partial charge in [0.25, 0.3) is 0 Å². The van der Waals surface area contributed by atoms with Crippen LogP contribution in [0.3, 0.4) is 0 Å². The number of carbonyl (C=O) groups excluding carboxylic acids is 1. The molecule has 2 aromatic rings. The van der Waals surface area contributed by atoms with E-state index in [2.05, 4.69) is 16.0 Å². The van der Waals surface area contributed by atoms with E-state index >= 15 is 0 Å². The van der Waals surface area contributed by atoms with E-state index in [1.54, 1.807) is 30.3 Å². The highest BCUT2D eigenvalue weighted by molar-refractivity contribution is 6.00. The minimum Gasteiger partial charge on any atom is -0.495 e. The Morgan fingerprint density at radius 3 is 2.65 bits per heavy atom. The van der Waals surface area contributed by atoms with Crippen LogP contribution in [-0.4, -0.2) is 31.9 Å². The smallest absolute Gasteiger partial charge is 0.323 e. The van der Waals surface area contributed by atoms with Gasteiger partial charge in [-0.1, -0.05) is 12.1 Å². The van der Waals surface area contributed by atoms with Gasteiger partial charge in [0, 0.05) is 18.3 Å². The molecule has 0 saturated carbocycles. The second kappa shape index (κ2) is 7.85. The first-order chi connectivity index (χ1) is 12.6. The van der Waals surface area contributed by atoms with Gasteiger partial charge in [0.2, 0.25) is 0 Å². The largest absolute Gasteiger partial charge is 0.495 e. The molecule has 0 unspecified atom stereocenters. The lowest BCUT2D eigenvalue weighted by molar-refractivity contribution is 0.158. The van der Waals surface area contributed by atoms with E-state index in [4.69, 9.17) is 10.00 Å². The summed E-state index contributed by atoms with van der Waals surface area (Å²) in [5.41, 5.74) is 2.44. The molecule has 0 aliphatic carbocycles. The predicted octanol–water partition coefficient (Wildman–Crippen LogP) is 3.06. The van der Waals surface area contributed by atoms with Crippen LogP contribution in [0.4, 0.5) is 20.6 Å². The fourth-order valence-electron chi connectivity index (χ4n) is 2.71. The molecule has 1 heterocycles. The zero-order valence-electron chi connectivity index (χ0n) is 14.3. The van der Waals surface area contributed by atoms with Crippen molar-refractivity contribution in [2.24, 2.45) is 0 Å². The Kier molecular flexibility index (Phi) is 5.34. The van der Waals surface area contributed by atoms with Gasteiger partial charge in [-0.15, -0.1) is 0 Å². The van der Waals surface area contributed by atoms with Crippen molar-refractivity contribution >= 4 is 17.4 Å².